The summed E-state index contributed by atoms with van der Waals surface area (Å²) in [4.78, 5) is 10.8. The molecule has 1 N–H and O–H groups in total. The maximum absolute atomic E-state index is 10.8. The average molecular weight is 231 g/mol. The summed E-state index contributed by atoms with van der Waals surface area (Å²) in [5, 5.41) is 10.9. The van der Waals surface area contributed by atoms with Gasteiger partial charge in [-0.05, 0) is 38.1 Å². The number of carbonyl (C=O) groups excluding carboxylic acids is 1. The van der Waals surface area contributed by atoms with Gasteiger partial charge in [-0.15, -0.1) is 10.2 Å². The number of carbonyl (C=O) groups is 1. The third-order valence-corrected chi connectivity index (χ3v) is 2.18. The van der Waals surface area contributed by atoms with Crippen LogP contribution in [0.25, 0.3) is 11.5 Å². The molecule has 0 aliphatic heterocycles. The van der Waals surface area contributed by atoms with E-state index < -0.39 is 0 Å². The van der Waals surface area contributed by atoms with Crippen LogP contribution in [0.3, 0.4) is 0 Å². The lowest BCUT2D eigenvalue weighted by Crippen LogP contribution is -2.11. The lowest BCUT2D eigenvalue weighted by atomic mass is 10.3. The smallest absolute Gasteiger partial charge is 0.154 e. The van der Waals surface area contributed by atoms with E-state index in [1.54, 1.807) is 12.1 Å². The Balaban J connectivity index is 2.10. The SMILES string of the molecule is CC(=O)CNc1ccc(-c2ccc(C)o2)nn1. The fraction of sp³-hybridized carbons (Fsp3) is 0.250. The van der Waals surface area contributed by atoms with Gasteiger partial charge in [-0.1, -0.05) is 0 Å². The van der Waals surface area contributed by atoms with E-state index in [-0.39, 0.29) is 12.3 Å². The highest BCUT2D eigenvalue weighted by Gasteiger charge is 2.05. The van der Waals surface area contributed by atoms with Gasteiger partial charge in [0, 0.05) is 0 Å². The lowest BCUT2D eigenvalue weighted by molar-refractivity contribution is -0.115. The summed E-state index contributed by atoms with van der Waals surface area (Å²) in [6, 6.07) is 7.29. The first-order valence-corrected chi connectivity index (χ1v) is 5.29. The first kappa shape index (κ1) is 11.3. The molecule has 0 aromatic carbocycles. The topological polar surface area (TPSA) is 68.0 Å². The van der Waals surface area contributed by atoms with E-state index in [9.17, 15) is 4.79 Å². The van der Waals surface area contributed by atoms with Crippen LogP contribution < -0.4 is 5.32 Å². The molecule has 2 heterocycles. The van der Waals surface area contributed by atoms with Crippen LogP contribution in [0.15, 0.2) is 28.7 Å². The van der Waals surface area contributed by atoms with Gasteiger partial charge in [0.05, 0.1) is 6.54 Å². The first-order valence-electron chi connectivity index (χ1n) is 5.29. The molecule has 0 saturated heterocycles. The molecule has 0 fully saturated rings. The summed E-state index contributed by atoms with van der Waals surface area (Å²) in [6.07, 6.45) is 0. The standard InChI is InChI=1S/C12H13N3O2/c1-8(16)7-13-12-6-4-10(14-15-12)11-5-3-9(2)17-11/h3-6H,7H2,1-2H3,(H,13,15). The highest BCUT2D eigenvalue weighted by Crippen LogP contribution is 2.19. The highest BCUT2D eigenvalue weighted by atomic mass is 16.3. The van der Waals surface area contributed by atoms with E-state index in [0.29, 0.717) is 17.3 Å². The van der Waals surface area contributed by atoms with Crippen LogP contribution in [0.1, 0.15) is 12.7 Å². The quantitative estimate of drug-likeness (QED) is 0.872. The largest absolute Gasteiger partial charge is 0.460 e. The number of nitrogens with one attached hydrogen (secondary N) is 1. The Morgan fingerprint density at radius 2 is 2.12 bits per heavy atom. The fourth-order valence-corrected chi connectivity index (χ4v) is 1.35. The normalized spacial score (nSPS) is 10.2. The number of hydrogen-bond donors (Lipinski definition) is 1. The Bertz CT molecular complexity index is 517. The van der Waals surface area contributed by atoms with Crippen molar-refractivity contribution < 1.29 is 9.21 Å². The van der Waals surface area contributed by atoms with Gasteiger partial charge in [-0.3, -0.25) is 4.79 Å². The molecular weight excluding hydrogens is 218 g/mol. The van der Waals surface area contributed by atoms with E-state index in [0.717, 1.165) is 5.76 Å². The molecule has 2 rings (SSSR count). The molecule has 0 amide bonds. The van der Waals surface area contributed by atoms with Crippen LogP contribution in [0.5, 0.6) is 0 Å². The Morgan fingerprint density at radius 1 is 1.29 bits per heavy atom. The Hall–Kier alpha value is -2.17. The maximum Gasteiger partial charge on any atom is 0.154 e. The van der Waals surface area contributed by atoms with Crippen LogP contribution in [-0.2, 0) is 4.79 Å². The molecule has 0 radical (unpaired) electrons. The van der Waals surface area contributed by atoms with Crippen LogP contribution in [-0.4, -0.2) is 22.5 Å². The van der Waals surface area contributed by atoms with Crippen molar-refractivity contribution >= 4 is 11.6 Å². The summed E-state index contributed by atoms with van der Waals surface area (Å²) in [5.74, 6) is 2.15. The molecule has 0 aliphatic rings. The van der Waals surface area contributed by atoms with Gasteiger partial charge >= 0.3 is 0 Å². The van der Waals surface area contributed by atoms with Crippen LogP contribution in [0, 0.1) is 6.92 Å². The number of aryl methyl sites for hydroxylation is 1. The summed E-state index contributed by atoms with van der Waals surface area (Å²) in [7, 11) is 0. The number of nitrogens with zero attached hydrogens (tertiary/aromatic N) is 2. The lowest BCUT2D eigenvalue weighted by Gasteiger charge is -2.02. The van der Waals surface area contributed by atoms with Crippen molar-refractivity contribution in [3.63, 3.8) is 0 Å². The number of hydrogen-bond acceptors (Lipinski definition) is 5. The highest BCUT2D eigenvalue weighted by molar-refractivity contribution is 5.80. The molecular formula is C12H13N3O2. The van der Waals surface area contributed by atoms with Crippen LogP contribution in [0.4, 0.5) is 5.82 Å². The summed E-state index contributed by atoms with van der Waals surface area (Å²) in [6.45, 7) is 3.65. The van der Waals surface area contributed by atoms with Crippen molar-refractivity contribution in [1.82, 2.24) is 10.2 Å². The molecule has 2 aromatic heterocycles. The third-order valence-electron chi connectivity index (χ3n) is 2.18. The van der Waals surface area contributed by atoms with Gasteiger partial charge in [0.15, 0.2) is 5.76 Å². The number of ketones is 1. The van der Waals surface area contributed by atoms with Crippen LogP contribution in [0.2, 0.25) is 0 Å². The second-order valence-corrected chi connectivity index (χ2v) is 3.77. The Kier molecular flexibility index (Phi) is 3.18. The minimum atomic E-state index is 0.0533. The minimum absolute atomic E-state index is 0.0533. The summed E-state index contributed by atoms with van der Waals surface area (Å²) >= 11 is 0. The van der Waals surface area contributed by atoms with Crippen molar-refractivity contribution in [3.8, 4) is 11.5 Å². The second kappa shape index (κ2) is 4.78. The van der Waals surface area contributed by atoms with Crippen molar-refractivity contribution in [1.29, 1.82) is 0 Å². The zero-order valence-corrected chi connectivity index (χ0v) is 9.73. The molecule has 88 valence electrons. The van der Waals surface area contributed by atoms with Crippen LogP contribution >= 0.6 is 0 Å². The van der Waals surface area contributed by atoms with E-state index >= 15 is 0 Å². The van der Waals surface area contributed by atoms with E-state index in [4.69, 9.17) is 4.42 Å². The van der Waals surface area contributed by atoms with Gasteiger partial charge in [0.1, 0.15) is 23.1 Å². The molecule has 0 bridgehead atoms. The monoisotopic (exact) mass is 231 g/mol. The summed E-state index contributed by atoms with van der Waals surface area (Å²) in [5.41, 5.74) is 0.673. The van der Waals surface area contributed by atoms with E-state index in [1.165, 1.54) is 6.92 Å². The molecule has 0 spiro atoms. The van der Waals surface area contributed by atoms with Crippen molar-refractivity contribution in [2.45, 2.75) is 13.8 Å². The minimum Gasteiger partial charge on any atom is -0.460 e. The number of Topliss-reactive ketones (excluding diaryl/α,β-unsaturated/α-hetero) is 1. The molecule has 2 aromatic rings. The number of rotatable bonds is 4. The van der Waals surface area contributed by atoms with Gasteiger partial charge < -0.3 is 9.73 Å². The number of aromatic nitrogens is 2. The second-order valence-electron chi connectivity index (χ2n) is 3.77. The molecule has 0 aliphatic carbocycles. The number of anilines is 1. The van der Waals surface area contributed by atoms with Crippen molar-refractivity contribution in [3.05, 3.63) is 30.0 Å². The van der Waals surface area contributed by atoms with Crippen molar-refractivity contribution in [2.75, 3.05) is 11.9 Å². The molecule has 17 heavy (non-hydrogen) atoms. The maximum atomic E-state index is 10.8. The molecule has 0 saturated carbocycles. The van der Waals surface area contributed by atoms with Crippen molar-refractivity contribution in [2.24, 2.45) is 0 Å². The predicted molar refractivity (Wildman–Crippen MR) is 63.6 cm³/mol. The van der Waals surface area contributed by atoms with E-state index in [2.05, 4.69) is 15.5 Å². The molecule has 0 atom stereocenters. The molecule has 0 unspecified atom stereocenters. The zero-order chi connectivity index (χ0) is 12.3. The van der Waals surface area contributed by atoms with Gasteiger partial charge in [-0.2, -0.15) is 0 Å². The Labute approximate surface area is 98.9 Å². The van der Waals surface area contributed by atoms with Gasteiger partial charge in [-0.25, -0.2) is 0 Å². The fourth-order valence-electron chi connectivity index (χ4n) is 1.35. The molecule has 5 heteroatoms. The Morgan fingerprint density at radius 3 is 2.65 bits per heavy atom. The summed E-state index contributed by atoms with van der Waals surface area (Å²) < 4.78 is 5.43. The average Bonchev–Trinajstić information content (AvgIpc) is 2.74. The predicted octanol–water partition coefficient (Wildman–Crippen LogP) is 2.05. The zero-order valence-electron chi connectivity index (χ0n) is 9.73. The third kappa shape index (κ3) is 2.90. The number of furan rings is 1. The van der Waals surface area contributed by atoms with E-state index in [1.807, 2.05) is 19.1 Å². The molecule has 5 nitrogen and oxygen atoms in total. The van der Waals surface area contributed by atoms with Gasteiger partial charge in [0.25, 0.3) is 0 Å². The first-order chi connectivity index (χ1) is 8.15. The van der Waals surface area contributed by atoms with Gasteiger partial charge in [0.2, 0.25) is 0 Å².